The van der Waals surface area contributed by atoms with E-state index in [0.29, 0.717) is 12.2 Å². The summed E-state index contributed by atoms with van der Waals surface area (Å²) in [5.74, 6) is -0.198. The lowest BCUT2D eigenvalue weighted by Gasteiger charge is -2.23. The topological polar surface area (TPSA) is 46.5 Å². The van der Waals surface area contributed by atoms with Crippen molar-refractivity contribution in [2.45, 2.75) is 18.9 Å². The van der Waals surface area contributed by atoms with E-state index in [-0.39, 0.29) is 0 Å². The monoisotopic (exact) mass is 254 g/mol. The van der Waals surface area contributed by atoms with Crippen molar-refractivity contribution < 1.29 is 14.6 Å². The molecule has 0 saturated heterocycles. The summed E-state index contributed by atoms with van der Waals surface area (Å²) in [5.41, 5.74) is 3.38. The molecule has 0 aromatic heterocycles. The summed E-state index contributed by atoms with van der Waals surface area (Å²) < 4.78 is 5.48. The fourth-order valence-electron chi connectivity index (χ4n) is 2.37. The van der Waals surface area contributed by atoms with Crippen molar-refractivity contribution in [3.05, 3.63) is 54.1 Å². The highest BCUT2D eigenvalue weighted by atomic mass is 16.5. The number of aliphatic carboxylic acids is 1. The van der Waals surface area contributed by atoms with Gasteiger partial charge in [-0.3, -0.25) is 0 Å². The largest absolute Gasteiger partial charge is 0.479 e. The summed E-state index contributed by atoms with van der Waals surface area (Å²) >= 11 is 0. The minimum Gasteiger partial charge on any atom is -0.479 e. The van der Waals surface area contributed by atoms with E-state index in [2.05, 4.69) is 18.2 Å². The lowest BCUT2D eigenvalue weighted by atomic mass is 9.97. The first-order valence-electron chi connectivity index (χ1n) is 6.32. The predicted molar refractivity (Wildman–Crippen MR) is 72.3 cm³/mol. The van der Waals surface area contributed by atoms with Crippen molar-refractivity contribution in [1.82, 2.24) is 0 Å². The summed E-state index contributed by atoms with van der Waals surface area (Å²) in [6.45, 7) is 0. The molecule has 1 heterocycles. The highest BCUT2D eigenvalue weighted by Crippen LogP contribution is 2.31. The van der Waals surface area contributed by atoms with Crippen LogP contribution in [0.25, 0.3) is 11.1 Å². The van der Waals surface area contributed by atoms with Crippen LogP contribution in [0.1, 0.15) is 12.0 Å². The SMILES string of the molecule is O=C(O)[C@@H]1CCc2cc(-c3ccccc3)ccc2O1. The van der Waals surface area contributed by atoms with E-state index < -0.39 is 12.1 Å². The Labute approximate surface area is 111 Å². The van der Waals surface area contributed by atoms with Gasteiger partial charge in [-0.1, -0.05) is 36.4 Å². The van der Waals surface area contributed by atoms with E-state index in [1.54, 1.807) is 0 Å². The van der Waals surface area contributed by atoms with Gasteiger partial charge in [0.25, 0.3) is 0 Å². The fraction of sp³-hybridized carbons (Fsp3) is 0.188. The molecule has 1 aliphatic rings. The number of fused-ring (bicyclic) bond motifs is 1. The maximum absolute atomic E-state index is 10.9. The van der Waals surface area contributed by atoms with Crippen LogP contribution in [0.2, 0.25) is 0 Å². The lowest BCUT2D eigenvalue weighted by molar-refractivity contribution is -0.145. The molecule has 0 fully saturated rings. The molecular weight excluding hydrogens is 240 g/mol. The average Bonchev–Trinajstić information content (AvgIpc) is 2.47. The van der Waals surface area contributed by atoms with E-state index in [1.807, 2.05) is 30.3 Å². The van der Waals surface area contributed by atoms with Gasteiger partial charge in [-0.05, 0) is 41.7 Å². The van der Waals surface area contributed by atoms with Crippen LogP contribution < -0.4 is 4.74 Å². The van der Waals surface area contributed by atoms with Crippen LogP contribution in [0.4, 0.5) is 0 Å². The maximum atomic E-state index is 10.9. The van der Waals surface area contributed by atoms with Gasteiger partial charge in [-0.25, -0.2) is 4.79 Å². The molecule has 1 aliphatic heterocycles. The standard InChI is InChI=1S/C16H14O3/c17-16(18)15-9-7-13-10-12(6-8-14(13)19-15)11-4-2-1-3-5-11/h1-6,8,10,15H,7,9H2,(H,17,18)/t15-/m0/s1. The Hall–Kier alpha value is -2.29. The van der Waals surface area contributed by atoms with Crippen molar-refractivity contribution in [2.24, 2.45) is 0 Å². The van der Waals surface area contributed by atoms with E-state index in [1.165, 1.54) is 0 Å². The van der Waals surface area contributed by atoms with Gasteiger partial charge in [-0.15, -0.1) is 0 Å². The maximum Gasteiger partial charge on any atom is 0.344 e. The zero-order valence-corrected chi connectivity index (χ0v) is 10.4. The number of carboxylic acids is 1. The summed E-state index contributed by atoms with van der Waals surface area (Å²) in [6.07, 6.45) is 0.558. The molecule has 96 valence electrons. The normalized spacial score (nSPS) is 17.4. The van der Waals surface area contributed by atoms with Gasteiger partial charge >= 0.3 is 5.97 Å². The molecule has 2 aromatic carbocycles. The minimum absolute atomic E-state index is 0.528. The van der Waals surface area contributed by atoms with Gasteiger partial charge in [0.2, 0.25) is 0 Å². The molecule has 3 heteroatoms. The molecule has 0 unspecified atom stereocenters. The number of carboxylic acid groups (broad SMARTS) is 1. The summed E-state index contributed by atoms with van der Waals surface area (Å²) in [7, 11) is 0. The molecule has 0 spiro atoms. The Morgan fingerprint density at radius 2 is 1.89 bits per heavy atom. The third-order valence-electron chi connectivity index (χ3n) is 3.39. The van der Waals surface area contributed by atoms with E-state index in [0.717, 1.165) is 23.1 Å². The van der Waals surface area contributed by atoms with Crippen LogP contribution in [-0.4, -0.2) is 17.2 Å². The Balaban J connectivity index is 1.92. The van der Waals surface area contributed by atoms with Gasteiger partial charge in [0.1, 0.15) is 5.75 Å². The Morgan fingerprint density at radius 1 is 1.11 bits per heavy atom. The van der Waals surface area contributed by atoms with Crippen molar-refractivity contribution >= 4 is 5.97 Å². The number of hydrogen-bond donors (Lipinski definition) is 1. The predicted octanol–water partition coefficient (Wildman–Crippen LogP) is 3.13. The van der Waals surface area contributed by atoms with Crippen molar-refractivity contribution in [1.29, 1.82) is 0 Å². The first-order chi connectivity index (χ1) is 9.24. The average molecular weight is 254 g/mol. The molecule has 19 heavy (non-hydrogen) atoms. The zero-order valence-electron chi connectivity index (χ0n) is 10.4. The summed E-state index contributed by atoms with van der Waals surface area (Å²) in [6, 6.07) is 16.0. The Kier molecular flexibility index (Phi) is 2.95. The molecule has 3 nitrogen and oxygen atoms in total. The van der Waals surface area contributed by atoms with Gasteiger partial charge in [-0.2, -0.15) is 0 Å². The molecule has 0 amide bonds. The van der Waals surface area contributed by atoms with Gasteiger partial charge in [0.05, 0.1) is 0 Å². The highest BCUT2D eigenvalue weighted by Gasteiger charge is 2.25. The van der Waals surface area contributed by atoms with Crippen LogP contribution in [0.5, 0.6) is 5.75 Å². The van der Waals surface area contributed by atoms with Gasteiger partial charge < -0.3 is 9.84 Å². The number of ether oxygens (including phenoxy) is 1. The second kappa shape index (κ2) is 4.76. The van der Waals surface area contributed by atoms with E-state index in [9.17, 15) is 4.79 Å². The second-order valence-corrected chi connectivity index (χ2v) is 4.67. The molecule has 0 aliphatic carbocycles. The van der Waals surface area contributed by atoms with Crippen LogP contribution in [0, 0.1) is 0 Å². The fourth-order valence-corrected chi connectivity index (χ4v) is 2.37. The molecule has 3 rings (SSSR count). The quantitative estimate of drug-likeness (QED) is 0.895. The minimum atomic E-state index is -0.891. The van der Waals surface area contributed by atoms with E-state index >= 15 is 0 Å². The van der Waals surface area contributed by atoms with Gasteiger partial charge in [0.15, 0.2) is 6.10 Å². The lowest BCUT2D eigenvalue weighted by Crippen LogP contribution is -2.30. The molecule has 0 bridgehead atoms. The summed E-state index contributed by atoms with van der Waals surface area (Å²) in [5, 5.41) is 8.97. The smallest absolute Gasteiger partial charge is 0.344 e. The van der Waals surface area contributed by atoms with Crippen LogP contribution in [0.3, 0.4) is 0 Å². The zero-order chi connectivity index (χ0) is 13.2. The van der Waals surface area contributed by atoms with Crippen molar-refractivity contribution in [3.8, 4) is 16.9 Å². The Bertz CT molecular complexity index is 605. The number of benzene rings is 2. The van der Waals surface area contributed by atoms with Crippen molar-refractivity contribution in [3.63, 3.8) is 0 Å². The molecule has 1 N–H and O–H groups in total. The van der Waals surface area contributed by atoms with Crippen molar-refractivity contribution in [2.75, 3.05) is 0 Å². The number of aryl methyl sites for hydroxylation is 1. The molecule has 0 radical (unpaired) electrons. The second-order valence-electron chi connectivity index (χ2n) is 4.67. The van der Waals surface area contributed by atoms with Crippen LogP contribution in [-0.2, 0) is 11.2 Å². The third kappa shape index (κ3) is 2.32. The summed E-state index contributed by atoms with van der Waals surface area (Å²) in [4.78, 5) is 10.9. The number of hydrogen-bond acceptors (Lipinski definition) is 2. The molecule has 2 aromatic rings. The van der Waals surface area contributed by atoms with Crippen LogP contribution >= 0.6 is 0 Å². The van der Waals surface area contributed by atoms with E-state index in [4.69, 9.17) is 9.84 Å². The third-order valence-corrected chi connectivity index (χ3v) is 3.39. The number of carbonyl (C=O) groups is 1. The van der Waals surface area contributed by atoms with Crippen LogP contribution in [0.15, 0.2) is 48.5 Å². The Morgan fingerprint density at radius 3 is 2.63 bits per heavy atom. The number of rotatable bonds is 2. The first-order valence-corrected chi connectivity index (χ1v) is 6.32. The molecule has 1 atom stereocenters. The van der Waals surface area contributed by atoms with Gasteiger partial charge in [0, 0.05) is 0 Å². The molecule has 0 saturated carbocycles. The highest BCUT2D eigenvalue weighted by molar-refractivity contribution is 5.74. The molecular formula is C16H14O3. The first kappa shape index (κ1) is 11.8.